The van der Waals surface area contributed by atoms with Crippen molar-refractivity contribution in [1.82, 2.24) is 10.2 Å². The first kappa shape index (κ1) is 11.5. The molecule has 3 atom stereocenters. The smallest absolute Gasteiger partial charge is 0.311 e. The van der Waals surface area contributed by atoms with Gasteiger partial charge in [0.05, 0.1) is 13.0 Å². The van der Waals surface area contributed by atoms with Gasteiger partial charge in [-0.2, -0.15) is 0 Å². The van der Waals surface area contributed by atoms with E-state index in [1.165, 1.54) is 7.11 Å². The minimum atomic E-state index is -0.104. The Morgan fingerprint density at radius 1 is 1.64 bits per heavy atom. The fourth-order valence-electron chi connectivity index (χ4n) is 2.12. The molecule has 0 aromatic carbocycles. The Labute approximate surface area is 85.6 Å². The summed E-state index contributed by atoms with van der Waals surface area (Å²) in [5.74, 6) is -0.132. The summed E-state index contributed by atoms with van der Waals surface area (Å²) < 4.78 is 4.80. The van der Waals surface area contributed by atoms with Crippen LogP contribution in [0.15, 0.2) is 0 Å². The minimum Gasteiger partial charge on any atom is -0.469 e. The van der Waals surface area contributed by atoms with Crippen LogP contribution in [0.5, 0.6) is 0 Å². The zero-order chi connectivity index (χ0) is 10.7. The maximum atomic E-state index is 11.5. The van der Waals surface area contributed by atoms with E-state index in [1.807, 2.05) is 7.05 Å². The summed E-state index contributed by atoms with van der Waals surface area (Å²) in [6.07, 6.45) is 0. The van der Waals surface area contributed by atoms with Crippen molar-refractivity contribution in [2.45, 2.75) is 25.9 Å². The zero-order valence-corrected chi connectivity index (χ0v) is 9.41. The number of likely N-dealkylation sites (tertiary alicyclic amines) is 1. The van der Waals surface area contributed by atoms with Gasteiger partial charge in [-0.3, -0.25) is 4.79 Å². The molecule has 1 heterocycles. The standard InChI is InChI=1S/C10H20N2O2/c1-5-11-9-7(2)12(3)6-8(9)10(13)14-4/h7-9,11H,5-6H2,1-4H3. The molecule has 1 saturated heterocycles. The number of rotatable bonds is 3. The molecule has 1 rings (SSSR count). The van der Waals surface area contributed by atoms with Crippen LogP contribution in [0.3, 0.4) is 0 Å². The molecule has 4 heteroatoms. The average Bonchev–Trinajstić information content (AvgIpc) is 2.45. The van der Waals surface area contributed by atoms with Crippen molar-refractivity contribution < 1.29 is 9.53 Å². The summed E-state index contributed by atoms with van der Waals surface area (Å²) in [7, 11) is 3.49. The van der Waals surface area contributed by atoms with Crippen molar-refractivity contribution in [3.05, 3.63) is 0 Å². The Bertz CT molecular complexity index is 208. The van der Waals surface area contributed by atoms with Gasteiger partial charge in [-0.15, -0.1) is 0 Å². The summed E-state index contributed by atoms with van der Waals surface area (Å²) in [6, 6.07) is 0.608. The van der Waals surface area contributed by atoms with Crippen molar-refractivity contribution in [2.75, 3.05) is 27.2 Å². The van der Waals surface area contributed by atoms with Crippen molar-refractivity contribution >= 4 is 5.97 Å². The van der Waals surface area contributed by atoms with E-state index in [2.05, 4.69) is 24.1 Å². The predicted octanol–water partition coefficient (Wildman–Crippen LogP) is 0.0876. The molecule has 0 aromatic rings. The summed E-state index contributed by atoms with van der Waals surface area (Å²) in [6.45, 7) is 5.86. The second-order valence-electron chi connectivity index (χ2n) is 3.89. The summed E-state index contributed by atoms with van der Waals surface area (Å²) in [5, 5.41) is 3.35. The van der Waals surface area contributed by atoms with Crippen LogP contribution in [-0.4, -0.2) is 50.2 Å². The van der Waals surface area contributed by atoms with Gasteiger partial charge >= 0.3 is 5.97 Å². The van der Waals surface area contributed by atoms with Crippen molar-refractivity contribution in [3.8, 4) is 0 Å². The molecule has 0 aromatic heterocycles. The lowest BCUT2D eigenvalue weighted by atomic mass is 10.00. The Morgan fingerprint density at radius 2 is 2.29 bits per heavy atom. The molecule has 0 saturated carbocycles. The first-order valence-corrected chi connectivity index (χ1v) is 5.13. The lowest BCUT2D eigenvalue weighted by Gasteiger charge is -2.22. The predicted molar refractivity (Wildman–Crippen MR) is 55.1 cm³/mol. The number of likely N-dealkylation sites (N-methyl/N-ethyl adjacent to an activating group) is 2. The van der Waals surface area contributed by atoms with E-state index in [4.69, 9.17) is 4.74 Å². The van der Waals surface area contributed by atoms with Gasteiger partial charge in [0.15, 0.2) is 0 Å². The lowest BCUT2D eigenvalue weighted by molar-refractivity contribution is -0.145. The molecule has 14 heavy (non-hydrogen) atoms. The number of nitrogens with one attached hydrogen (secondary N) is 1. The summed E-state index contributed by atoms with van der Waals surface area (Å²) >= 11 is 0. The molecule has 4 nitrogen and oxygen atoms in total. The zero-order valence-electron chi connectivity index (χ0n) is 9.41. The molecule has 1 fully saturated rings. The molecular weight excluding hydrogens is 180 g/mol. The molecule has 0 bridgehead atoms. The van der Waals surface area contributed by atoms with Crippen LogP contribution in [0, 0.1) is 5.92 Å². The minimum absolute atomic E-state index is 0.0278. The third-order valence-corrected chi connectivity index (χ3v) is 3.08. The van der Waals surface area contributed by atoms with Gasteiger partial charge in [0.25, 0.3) is 0 Å². The number of esters is 1. The summed E-state index contributed by atoms with van der Waals surface area (Å²) in [4.78, 5) is 13.7. The molecule has 0 radical (unpaired) electrons. The van der Waals surface area contributed by atoms with Crippen LogP contribution < -0.4 is 5.32 Å². The van der Waals surface area contributed by atoms with Crippen LogP contribution in [0.2, 0.25) is 0 Å². The van der Waals surface area contributed by atoms with Gasteiger partial charge in [-0.1, -0.05) is 6.92 Å². The number of nitrogens with zero attached hydrogens (tertiary/aromatic N) is 1. The van der Waals surface area contributed by atoms with Crippen LogP contribution in [0.25, 0.3) is 0 Å². The van der Waals surface area contributed by atoms with Crippen molar-refractivity contribution in [1.29, 1.82) is 0 Å². The van der Waals surface area contributed by atoms with E-state index < -0.39 is 0 Å². The fraction of sp³-hybridized carbons (Fsp3) is 0.900. The molecule has 1 aliphatic heterocycles. The van der Waals surface area contributed by atoms with E-state index in [1.54, 1.807) is 0 Å². The number of ether oxygens (including phenoxy) is 1. The third kappa shape index (κ3) is 2.07. The number of hydrogen-bond acceptors (Lipinski definition) is 4. The van der Waals surface area contributed by atoms with Gasteiger partial charge in [0.1, 0.15) is 0 Å². The van der Waals surface area contributed by atoms with Crippen LogP contribution in [0.4, 0.5) is 0 Å². The highest BCUT2D eigenvalue weighted by molar-refractivity contribution is 5.74. The normalized spacial score (nSPS) is 33.3. The molecule has 1 aliphatic rings. The molecule has 3 unspecified atom stereocenters. The molecule has 82 valence electrons. The molecular formula is C10H20N2O2. The Kier molecular flexibility index (Phi) is 3.89. The topological polar surface area (TPSA) is 41.6 Å². The lowest BCUT2D eigenvalue weighted by Crippen LogP contribution is -2.44. The van der Waals surface area contributed by atoms with E-state index in [-0.39, 0.29) is 17.9 Å². The van der Waals surface area contributed by atoms with Crippen molar-refractivity contribution in [3.63, 3.8) is 0 Å². The maximum Gasteiger partial charge on any atom is 0.311 e. The highest BCUT2D eigenvalue weighted by atomic mass is 16.5. The van der Waals surface area contributed by atoms with E-state index in [9.17, 15) is 4.79 Å². The molecule has 1 N–H and O–H groups in total. The monoisotopic (exact) mass is 200 g/mol. The number of hydrogen-bond donors (Lipinski definition) is 1. The number of carbonyl (C=O) groups is 1. The van der Waals surface area contributed by atoms with Gasteiger partial charge in [-0.05, 0) is 20.5 Å². The second kappa shape index (κ2) is 4.75. The van der Waals surface area contributed by atoms with E-state index in [0.717, 1.165) is 13.1 Å². The van der Waals surface area contributed by atoms with Gasteiger partial charge in [0.2, 0.25) is 0 Å². The molecule has 0 spiro atoms. The second-order valence-corrected chi connectivity index (χ2v) is 3.89. The summed E-state index contributed by atoms with van der Waals surface area (Å²) in [5.41, 5.74) is 0. The highest BCUT2D eigenvalue weighted by Gasteiger charge is 2.41. The Balaban J connectivity index is 2.69. The Morgan fingerprint density at radius 3 is 2.79 bits per heavy atom. The molecule has 0 amide bonds. The third-order valence-electron chi connectivity index (χ3n) is 3.08. The number of methoxy groups -OCH3 is 1. The van der Waals surface area contributed by atoms with Gasteiger partial charge in [0, 0.05) is 18.6 Å². The first-order chi connectivity index (χ1) is 6.61. The maximum absolute atomic E-state index is 11.5. The average molecular weight is 200 g/mol. The first-order valence-electron chi connectivity index (χ1n) is 5.13. The van der Waals surface area contributed by atoms with E-state index in [0.29, 0.717) is 6.04 Å². The largest absolute Gasteiger partial charge is 0.469 e. The number of carbonyl (C=O) groups excluding carboxylic acids is 1. The van der Waals surface area contributed by atoms with Crippen LogP contribution in [-0.2, 0) is 9.53 Å². The van der Waals surface area contributed by atoms with Gasteiger partial charge < -0.3 is 15.0 Å². The van der Waals surface area contributed by atoms with Crippen molar-refractivity contribution in [2.24, 2.45) is 5.92 Å². The highest BCUT2D eigenvalue weighted by Crippen LogP contribution is 2.22. The molecule has 0 aliphatic carbocycles. The van der Waals surface area contributed by atoms with Crippen LogP contribution in [0.1, 0.15) is 13.8 Å². The Hall–Kier alpha value is -0.610. The quantitative estimate of drug-likeness (QED) is 0.655. The van der Waals surface area contributed by atoms with Gasteiger partial charge in [-0.25, -0.2) is 0 Å². The fourth-order valence-corrected chi connectivity index (χ4v) is 2.12. The SMILES string of the molecule is CCNC1C(C(=O)OC)CN(C)C1C. The van der Waals surface area contributed by atoms with Crippen LogP contribution >= 0.6 is 0 Å². The van der Waals surface area contributed by atoms with E-state index >= 15 is 0 Å².